The van der Waals surface area contributed by atoms with Gasteiger partial charge in [0.25, 0.3) is 0 Å². The van der Waals surface area contributed by atoms with Gasteiger partial charge in [-0.05, 0) is 37.6 Å². The van der Waals surface area contributed by atoms with Gasteiger partial charge in [0, 0.05) is 44.6 Å². The van der Waals surface area contributed by atoms with Crippen LogP contribution in [0.4, 0.5) is 0 Å². The molecule has 0 aliphatic carbocycles. The fourth-order valence-electron chi connectivity index (χ4n) is 5.07. The van der Waals surface area contributed by atoms with E-state index in [9.17, 15) is 4.79 Å². The number of nitrogens with zero attached hydrogens (tertiary/aromatic N) is 2. The third-order valence-corrected chi connectivity index (χ3v) is 5.88. The summed E-state index contributed by atoms with van der Waals surface area (Å²) in [7, 11) is 0. The second-order valence-corrected chi connectivity index (χ2v) is 6.87. The Morgan fingerprint density at radius 2 is 1.72 bits per heavy atom. The van der Waals surface area contributed by atoms with Gasteiger partial charge in [0.05, 0.1) is 0 Å². The molecule has 3 heteroatoms. The first-order chi connectivity index (χ1) is 8.81. The van der Waals surface area contributed by atoms with Crippen LogP contribution in [0.25, 0.3) is 0 Å². The molecule has 2 bridgehead atoms. The summed E-state index contributed by atoms with van der Waals surface area (Å²) in [5.74, 6) is 2.19. The molecule has 4 heterocycles. The molecule has 4 aliphatic rings. The highest BCUT2D eigenvalue weighted by Gasteiger charge is 2.47. The van der Waals surface area contributed by atoms with Gasteiger partial charge >= 0.3 is 0 Å². The van der Waals surface area contributed by atoms with E-state index in [4.69, 9.17) is 0 Å². The lowest BCUT2D eigenvalue weighted by Crippen LogP contribution is -2.64. The normalized spacial score (nSPS) is 45.4. The Hall–Kier alpha value is -0.410. The first-order valence-electron chi connectivity index (χ1n) is 7.81. The van der Waals surface area contributed by atoms with E-state index >= 15 is 0 Å². The van der Waals surface area contributed by atoms with Crippen molar-refractivity contribution in [3.63, 3.8) is 0 Å². The molecule has 4 atom stereocenters. The monoisotopic (exact) mass is 248 g/mol. The smallest absolute Gasteiger partial charge is 0.135 e. The lowest BCUT2D eigenvalue weighted by molar-refractivity contribution is -0.130. The molecular weight excluding hydrogens is 224 g/mol. The van der Waals surface area contributed by atoms with Crippen LogP contribution in [0.2, 0.25) is 0 Å². The molecule has 0 amide bonds. The molecule has 18 heavy (non-hydrogen) atoms. The molecule has 4 unspecified atom stereocenters. The van der Waals surface area contributed by atoms with Gasteiger partial charge in [0.2, 0.25) is 0 Å². The Kier molecular flexibility index (Phi) is 2.73. The average molecular weight is 248 g/mol. The van der Waals surface area contributed by atoms with Gasteiger partial charge in [0.1, 0.15) is 5.78 Å². The van der Waals surface area contributed by atoms with E-state index in [1.54, 1.807) is 0 Å². The molecule has 4 fully saturated rings. The summed E-state index contributed by atoms with van der Waals surface area (Å²) in [4.78, 5) is 17.1. The molecule has 4 rings (SSSR count). The van der Waals surface area contributed by atoms with Gasteiger partial charge in [-0.1, -0.05) is 6.42 Å². The summed E-state index contributed by atoms with van der Waals surface area (Å²) in [6.45, 7) is 4.91. The fraction of sp³-hybridized carbons (Fsp3) is 0.933. The maximum atomic E-state index is 11.7. The maximum absolute atomic E-state index is 11.7. The Bertz CT molecular complexity index is 356. The molecule has 0 saturated carbocycles. The first kappa shape index (κ1) is 11.4. The molecule has 4 aliphatic heterocycles. The number of hydrogen-bond donors (Lipinski definition) is 0. The van der Waals surface area contributed by atoms with Crippen LogP contribution in [-0.2, 0) is 4.79 Å². The van der Waals surface area contributed by atoms with E-state index in [2.05, 4.69) is 9.80 Å². The minimum Gasteiger partial charge on any atom is -0.300 e. The second kappa shape index (κ2) is 4.31. The Morgan fingerprint density at radius 1 is 0.944 bits per heavy atom. The molecule has 0 N–H and O–H groups in total. The van der Waals surface area contributed by atoms with Crippen molar-refractivity contribution in [3.8, 4) is 0 Å². The Balaban J connectivity index is 1.56. The molecule has 0 aromatic heterocycles. The third kappa shape index (κ3) is 1.75. The van der Waals surface area contributed by atoms with Crippen LogP contribution in [0, 0.1) is 11.8 Å². The second-order valence-electron chi connectivity index (χ2n) is 6.87. The molecule has 0 radical (unpaired) electrons. The van der Waals surface area contributed by atoms with E-state index < -0.39 is 0 Å². The minimum atomic E-state index is 0.510. The average Bonchev–Trinajstić information content (AvgIpc) is 2.40. The fourth-order valence-corrected chi connectivity index (χ4v) is 5.07. The summed E-state index contributed by atoms with van der Waals surface area (Å²) in [6, 6.07) is 1.46. The van der Waals surface area contributed by atoms with Gasteiger partial charge in [-0.15, -0.1) is 0 Å². The van der Waals surface area contributed by atoms with Gasteiger partial charge < -0.3 is 0 Å². The standard InChI is InChI=1S/C15H24N2O/c18-13-4-6-17-9-11-7-12(15(17)8-13)10-16-5-2-1-3-14(11)16/h11-12,14-15H,1-10H2. The van der Waals surface area contributed by atoms with Gasteiger partial charge in [0.15, 0.2) is 0 Å². The molecule has 4 saturated heterocycles. The third-order valence-electron chi connectivity index (χ3n) is 5.88. The van der Waals surface area contributed by atoms with Crippen molar-refractivity contribution in [2.45, 2.75) is 50.6 Å². The van der Waals surface area contributed by atoms with Gasteiger partial charge in [-0.3, -0.25) is 14.6 Å². The highest BCUT2D eigenvalue weighted by atomic mass is 16.1. The number of fused-ring (bicyclic) bond motifs is 6. The van der Waals surface area contributed by atoms with Crippen molar-refractivity contribution in [2.24, 2.45) is 11.8 Å². The Labute approximate surface area is 110 Å². The van der Waals surface area contributed by atoms with Crippen molar-refractivity contribution in [1.82, 2.24) is 9.80 Å². The molecular formula is C15H24N2O. The zero-order valence-electron chi connectivity index (χ0n) is 11.2. The van der Waals surface area contributed by atoms with Crippen LogP contribution in [0.1, 0.15) is 38.5 Å². The predicted molar refractivity (Wildman–Crippen MR) is 70.4 cm³/mol. The summed E-state index contributed by atoms with van der Waals surface area (Å²) >= 11 is 0. The van der Waals surface area contributed by atoms with E-state index in [0.717, 1.165) is 37.3 Å². The predicted octanol–water partition coefficient (Wildman–Crippen LogP) is 1.52. The highest BCUT2D eigenvalue weighted by Crippen LogP contribution is 2.42. The number of hydrogen-bond acceptors (Lipinski definition) is 3. The van der Waals surface area contributed by atoms with Crippen LogP contribution in [0.3, 0.4) is 0 Å². The topological polar surface area (TPSA) is 23.6 Å². The van der Waals surface area contributed by atoms with Crippen LogP contribution in [-0.4, -0.2) is 53.8 Å². The van der Waals surface area contributed by atoms with Crippen molar-refractivity contribution in [3.05, 3.63) is 0 Å². The summed E-state index contributed by atoms with van der Waals surface area (Å²) in [5.41, 5.74) is 0. The number of carbonyl (C=O) groups is 1. The molecule has 0 aromatic rings. The van der Waals surface area contributed by atoms with Crippen molar-refractivity contribution < 1.29 is 4.79 Å². The Morgan fingerprint density at radius 3 is 2.61 bits per heavy atom. The van der Waals surface area contributed by atoms with E-state index in [1.165, 1.54) is 45.3 Å². The number of piperidine rings is 4. The molecule has 100 valence electrons. The van der Waals surface area contributed by atoms with Gasteiger partial charge in [-0.25, -0.2) is 0 Å². The molecule has 0 aromatic carbocycles. The number of rotatable bonds is 0. The number of carbonyl (C=O) groups excluding carboxylic acids is 1. The van der Waals surface area contributed by atoms with Crippen LogP contribution in [0.15, 0.2) is 0 Å². The zero-order valence-corrected chi connectivity index (χ0v) is 11.2. The number of ketones is 1. The SMILES string of the molecule is O=C1CCN2CC3CC(CN4CCCCC34)C2C1. The van der Waals surface area contributed by atoms with E-state index in [1.807, 2.05) is 0 Å². The zero-order chi connectivity index (χ0) is 12.1. The van der Waals surface area contributed by atoms with Crippen LogP contribution < -0.4 is 0 Å². The first-order valence-corrected chi connectivity index (χ1v) is 7.81. The van der Waals surface area contributed by atoms with Crippen LogP contribution >= 0.6 is 0 Å². The largest absolute Gasteiger partial charge is 0.300 e. The van der Waals surface area contributed by atoms with E-state index in [0.29, 0.717) is 11.8 Å². The summed E-state index contributed by atoms with van der Waals surface area (Å²) in [6.07, 6.45) is 7.30. The summed E-state index contributed by atoms with van der Waals surface area (Å²) in [5, 5.41) is 0. The lowest BCUT2D eigenvalue weighted by Gasteiger charge is -2.56. The van der Waals surface area contributed by atoms with Crippen LogP contribution in [0.5, 0.6) is 0 Å². The van der Waals surface area contributed by atoms with E-state index in [-0.39, 0.29) is 0 Å². The lowest BCUT2D eigenvalue weighted by atomic mass is 9.71. The van der Waals surface area contributed by atoms with Crippen molar-refractivity contribution in [2.75, 3.05) is 26.2 Å². The quantitative estimate of drug-likeness (QED) is 0.649. The minimum absolute atomic E-state index is 0.510. The summed E-state index contributed by atoms with van der Waals surface area (Å²) < 4.78 is 0. The van der Waals surface area contributed by atoms with Crippen molar-refractivity contribution >= 4 is 5.78 Å². The van der Waals surface area contributed by atoms with Crippen molar-refractivity contribution in [1.29, 1.82) is 0 Å². The highest BCUT2D eigenvalue weighted by molar-refractivity contribution is 5.80. The number of Topliss-reactive ketones (excluding diaryl/α,β-unsaturated/α-hetero) is 1. The van der Waals surface area contributed by atoms with Gasteiger partial charge in [-0.2, -0.15) is 0 Å². The molecule has 3 nitrogen and oxygen atoms in total. The molecule has 0 spiro atoms. The maximum Gasteiger partial charge on any atom is 0.135 e.